The van der Waals surface area contributed by atoms with Crippen LogP contribution in [0.25, 0.3) is 0 Å². The summed E-state index contributed by atoms with van der Waals surface area (Å²) < 4.78 is 18.6. The van der Waals surface area contributed by atoms with Crippen molar-refractivity contribution in [2.24, 2.45) is 5.92 Å². The Morgan fingerprint density at radius 3 is 2.38 bits per heavy atom. The van der Waals surface area contributed by atoms with Crippen LogP contribution in [0.1, 0.15) is 13.8 Å². The average molecular weight is 294 g/mol. The molecule has 21 heavy (non-hydrogen) atoms. The van der Waals surface area contributed by atoms with Gasteiger partial charge in [0.15, 0.2) is 0 Å². The zero-order chi connectivity index (χ0) is 15.4. The third kappa shape index (κ3) is 3.53. The molecule has 1 fully saturated rings. The van der Waals surface area contributed by atoms with Crippen molar-refractivity contribution in [3.05, 3.63) is 30.1 Å². The van der Waals surface area contributed by atoms with E-state index < -0.39 is 0 Å². The Kier molecular flexibility index (Phi) is 5.17. The topological polar surface area (TPSA) is 32.8 Å². The molecule has 0 spiro atoms. The van der Waals surface area contributed by atoms with Crippen molar-refractivity contribution in [3.8, 4) is 0 Å². The monoisotopic (exact) mass is 294 g/mol. The van der Waals surface area contributed by atoms with Crippen molar-refractivity contribution in [3.63, 3.8) is 0 Å². The minimum absolute atomic E-state index is 0.125. The average Bonchev–Trinajstić information content (AvgIpc) is 2.53. The van der Waals surface area contributed by atoms with E-state index in [1.54, 1.807) is 6.07 Å². The van der Waals surface area contributed by atoms with Gasteiger partial charge in [-0.2, -0.15) is 0 Å². The summed E-state index contributed by atoms with van der Waals surface area (Å²) >= 11 is 0. The van der Waals surface area contributed by atoms with Gasteiger partial charge in [-0.05, 0) is 19.1 Å². The number of carbonyl (C=O) groups is 1. The lowest BCUT2D eigenvalue weighted by atomic mass is 10.0. The molecule has 0 saturated carbocycles. The third-order valence-electron chi connectivity index (χ3n) is 4.38. The van der Waals surface area contributed by atoms with Gasteiger partial charge in [-0.3, -0.25) is 9.69 Å². The number of para-hydroxylation sites is 1. The highest BCUT2D eigenvalue weighted by molar-refractivity contribution is 5.72. The van der Waals surface area contributed by atoms with Gasteiger partial charge in [-0.25, -0.2) is 4.39 Å². The molecule has 0 bridgehead atoms. The van der Waals surface area contributed by atoms with Crippen LogP contribution >= 0.6 is 0 Å². The number of halogens is 1. The Labute approximate surface area is 125 Å². The van der Waals surface area contributed by atoms with Gasteiger partial charge < -0.3 is 9.64 Å². The summed E-state index contributed by atoms with van der Waals surface area (Å²) in [5.74, 6) is -0.518. The summed E-state index contributed by atoms with van der Waals surface area (Å²) in [5, 5.41) is 0. The largest absolute Gasteiger partial charge is 0.469 e. The van der Waals surface area contributed by atoms with Gasteiger partial charge in [0.1, 0.15) is 5.82 Å². The molecule has 0 aliphatic carbocycles. The SMILES string of the molecule is COC(=O)C(C)C(C)N1CCN(c2ccccc2F)CC1. The molecule has 2 unspecified atom stereocenters. The Hall–Kier alpha value is -1.62. The van der Waals surface area contributed by atoms with Gasteiger partial charge in [0.25, 0.3) is 0 Å². The fourth-order valence-corrected chi connectivity index (χ4v) is 2.78. The van der Waals surface area contributed by atoms with E-state index in [4.69, 9.17) is 4.74 Å². The van der Waals surface area contributed by atoms with Crippen LogP contribution < -0.4 is 4.90 Å². The molecular weight excluding hydrogens is 271 g/mol. The molecule has 4 nitrogen and oxygen atoms in total. The van der Waals surface area contributed by atoms with E-state index in [0.717, 1.165) is 26.2 Å². The number of hydrogen-bond acceptors (Lipinski definition) is 4. The van der Waals surface area contributed by atoms with Crippen LogP contribution in [0.5, 0.6) is 0 Å². The van der Waals surface area contributed by atoms with Crippen molar-refractivity contribution < 1.29 is 13.9 Å². The van der Waals surface area contributed by atoms with E-state index in [2.05, 4.69) is 9.80 Å². The van der Waals surface area contributed by atoms with Gasteiger partial charge in [0.05, 0.1) is 18.7 Å². The number of nitrogens with zero attached hydrogens (tertiary/aromatic N) is 2. The fraction of sp³-hybridized carbons (Fsp3) is 0.562. The molecule has 1 aliphatic heterocycles. The maximum Gasteiger partial charge on any atom is 0.309 e. The maximum absolute atomic E-state index is 13.8. The number of esters is 1. The molecular formula is C16H23FN2O2. The lowest BCUT2D eigenvalue weighted by Crippen LogP contribution is -2.52. The number of rotatable bonds is 4. The van der Waals surface area contributed by atoms with Gasteiger partial charge in [-0.1, -0.05) is 19.1 Å². The number of piperazine rings is 1. The minimum Gasteiger partial charge on any atom is -0.469 e. The highest BCUT2D eigenvalue weighted by Crippen LogP contribution is 2.22. The van der Waals surface area contributed by atoms with E-state index in [1.807, 2.05) is 26.0 Å². The van der Waals surface area contributed by atoms with E-state index in [-0.39, 0.29) is 23.7 Å². The van der Waals surface area contributed by atoms with E-state index in [9.17, 15) is 9.18 Å². The zero-order valence-electron chi connectivity index (χ0n) is 12.9. The first-order chi connectivity index (χ1) is 10.0. The summed E-state index contributed by atoms with van der Waals surface area (Å²) in [4.78, 5) is 15.9. The highest BCUT2D eigenvalue weighted by Gasteiger charge is 2.29. The van der Waals surface area contributed by atoms with E-state index in [0.29, 0.717) is 5.69 Å². The first-order valence-corrected chi connectivity index (χ1v) is 7.36. The second kappa shape index (κ2) is 6.89. The molecule has 2 atom stereocenters. The Balaban J connectivity index is 1.94. The van der Waals surface area contributed by atoms with Crippen molar-refractivity contribution in [2.75, 3.05) is 38.2 Å². The minimum atomic E-state index is -0.181. The first-order valence-electron chi connectivity index (χ1n) is 7.36. The predicted molar refractivity (Wildman–Crippen MR) is 80.8 cm³/mol. The molecule has 1 heterocycles. The van der Waals surface area contributed by atoms with Crippen LogP contribution in [0, 0.1) is 11.7 Å². The van der Waals surface area contributed by atoms with Crippen LogP contribution in [-0.2, 0) is 9.53 Å². The first kappa shape index (κ1) is 15.8. The number of hydrogen-bond donors (Lipinski definition) is 0. The molecule has 0 radical (unpaired) electrons. The van der Waals surface area contributed by atoms with Crippen molar-refractivity contribution in [1.29, 1.82) is 0 Å². The van der Waals surface area contributed by atoms with Crippen molar-refractivity contribution in [2.45, 2.75) is 19.9 Å². The summed E-state index contributed by atoms with van der Waals surface area (Å²) in [6, 6.07) is 6.98. The van der Waals surface area contributed by atoms with Gasteiger partial charge in [-0.15, -0.1) is 0 Å². The van der Waals surface area contributed by atoms with Crippen LogP contribution in [0.15, 0.2) is 24.3 Å². The molecule has 0 N–H and O–H groups in total. The molecule has 2 rings (SSSR count). The molecule has 1 aromatic carbocycles. The lowest BCUT2D eigenvalue weighted by molar-refractivity contribution is -0.147. The van der Waals surface area contributed by atoms with Gasteiger partial charge in [0.2, 0.25) is 0 Å². The molecule has 0 amide bonds. The Morgan fingerprint density at radius 1 is 1.19 bits per heavy atom. The van der Waals surface area contributed by atoms with E-state index >= 15 is 0 Å². The fourth-order valence-electron chi connectivity index (χ4n) is 2.78. The van der Waals surface area contributed by atoms with E-state index in [1.165, 1.54) is 13.2 Å². The maximum atomic E-state index is 13.8. The number of carbonyl (C=O) groups excluding carboxylic acids is 1. The second-order valence-corrected chi connectivity index (χ2v) is 5.53. The summed E-state index contributed by atoms with van der Waals surface area (Å²) in [6.45, 7) is 7.09. The van der Waals surface area contributed by atoms with Crippen LogP contribution in [0.2, 0.25) is 0 Å². The van der Waals surface area contributed by atoms with Crippen LogP contribution in [-0.4, -0.2) is 50.2 Å². The molecule has 1 aliphatic rings. The summed E-state index contributed by atoms with van der Waals surface area (Å²) in [6.07, 6.45) is 0. The summed E-state index contributed by atoms with van der Waals surface area (Å²) in [5.41, 5.74) is 0.658. The van der Waals surface area contributed by atoms with Crippen LogP contribution in [0.3, 0.4) is 0 Å². The summed E-state index contributed by atoms with van der Waals surface area (Å²) in [7, 11) is 1.42. The predicted octanol–water partition coefficient (Wildman–Crippen LogP) is 2.15. The molecule has 5 heteroatoms. The Bertz CT molecular complexity index is 487. The number of anilines is 1. The van der Waals surface area contributed by atoms with Gasteiger partial charge in [0, 0.05) is 32.2 Å². The van der Waals surface area contributed by atoms with Crippen LogP contribution in [0.4, 0.5) is 10.1 Å². The number of methoxy groups -OCH3 is 1. The van der Waals surface area contributed by atoms with Crippen molar-refractivity contribution in [1.82, 2.24) is 4.90 Å². The molecule has 1 saturated heterocycles. The third-order valence-corrected chi connectivity index (χ3v) is 4.38. The van der Waals surface area contributed by atoms with Crippen molar-refractivity contribution >= 4 is 11.7 Å². The highest BCUT2D eigenvalue weighted by atomic mass is 19.1. The lowest BCUT2D eigenvalue weighted by Gasteiger charge is -2.40. The quantitative estimate of drug-likeness (QED) is 0.797. The standard InChI is InChI=1S/C16H23FN2O2/c1-12(16(20)21-3)13(2)18-8-10-19(11-9-18)15-7-5-4-6-14(15)17/h4-7,12-13H,8-11H2,1-3H3. The molecule has 0 aromatic heterocycles. The normalized spacial score (nSPS) is 19.1. The molecule has 1 aromatic rings. The molecule has 116 valence electrons. The van der Waals surface area contributed by atoms with Gasteiger partial charge >= 0.3 is 5.97 Å². The zero-order valence-corrected chi connectivity index (χ0v) is 12.9. The number of benzene rings is 1. The number of ether oxygens (including phenoxy) is 1. The second-order valence-electron chi connectivity index (χ2n) is 5.53. The smallest absolute Gasteiger partial charge is 0.309 e. The Morgan fingerprint density at radius 2 is 1.81 bits per heavy atom.